The lowest BCUT2D eigenvalue weighted by Crippen LogP contribution is -2.09. The molecule has 3 nitrogen and oxygen atoms in total. The normalized spacial score (nSPS) is 10.3. The first-order valence-electron chi connectivity index (χ1n) is 5.31. The van der Waals surface area contributed by atoms with Crippen LogP contribution in [0.25, 0.3) is 10.4 Å². The third-order valence-corrected chi connectivity index (χ3v) is 3.15. The van der Waals surface area contributed by atoms with Gasteiger partial charge in [0.15, 0.2) is 13.5 Å². The average molecular weight is 261 g/mol. The molecule has 0 aliphatic heterocycles. The van der Waals surface area contributed by atoms with Crippen molar-refractivity contribution in [1.82, 2.24) is 4.98 Å². The highest BCUT2D eigenvalue weighted by atomic mass is 32.1. The highest BCUT2D eigenvalue weighted by Crippen LogP contribution is 2.27. The number of benzene rings is 1. The van der Waals surface area contributed by atoms with E-state index in [2.05, 4.69) is 4.98 Å². The van der Waals surface area contributed by atoms with E-state index in [4.69, 9.17) is 12.6 Å². The van der Waals surface area contributed by atoms with E-state index in [9.17, 15) is 9.18 Å². The number of carbonyl (C=O) groups excluding carboxylic acids is 1. The van der Waals surface area contributed by atoms with Gasteiger partial charge in [0.05, 0.1) is 11.5 Å². The first-order valence-corrected chi connectivity index (χ1v) is 6.13. The Balaban J connectivity index is 2.44. The van der Waals surface area contributed by atoms with E-state index in [0.29, 0.717) is 10.4 Å². The molecule has 1 aromatic carbocycles. The summed E-state index contributed by atoms with van der Waals surface area (Å²) in [5, 5.41) is 0. The molecule has 6 heteroatoms. The van der Waals surface area contributed by atoms with Crippen molar-refractivity contribution in [2.24, 2.45) is 0 Å². The number of ether oxygens (including phenoxy) is 1. The molecule has 0 N–H and O–H groups in total. The fourth-order valence-electron chi connectivity index (χ4n) is 1.47. The second kappa shape index (κ2) is 5.31. The first kappa shape index (κ1) is 12.8. The Morgan fingerprint density at radius 2 is 2.11 bits per heavy atom. The van der Waals surface area contributed by atoms with E-state index in [1.54, 1.807) is 19.1 Å². The van der Waals surface area contributed by atoms with Crippen molar-refractivity contribution in [2.75, 3.05) is 6.61 Å². The van der Waals surface area contributed by atoms with Gasteiger partial charge in [0.2, 0.25) is 0 Å². The van der Waals surface area contributed by atoms with Gasteiger partial charge in [0, 0.05) is 4.91 Å². The maximum absolute atomic E-state index is 12.9. The molecule has 0 saturated carbocycles. The molecule has 0 unspecified atom stereocenters. The molecule has 0 saturated heterocycles. The Morgan fingerprint density at radius 3 is 2.72 bits per heavy atom. The van der Waals surface area contributed by atoms with Crippen molar-refractivity contribution >= 4 is 30.1 Å². The third kappa shape index (κ3) is 2.59. The van der Waals surface area contributed by atoms with E-state index in [1.165, 1.54) is 23.5 Å². The van der Waals surface area contributed by atoms with E-state index in [0.717, 1.165) is 0 Å². The fourth-order valence-corrected chi connectivity index (χ4v) is 2.30. The number of nitrogens with zero attached hydrogens (tertiary/aromatic N) is 1. The zero-order valence-electron chi connectivity index (χ0n) is 9.64. The molecule has 18 heavy (non-hydrogen) atoms. The minimum Gasteiger partial charge on any atom is -0.461 e. The van der Waals surface area contributed by atoms with Crippen molar-refractivity contribution in [2.45, 2.75) is 6.92 Å². The predicted octanol–water partition coefficient (Wildman–Crippen LogP) is 1.92. The number of aromatic nitrogens is 1. The van der Waals surface area contributed by atoms with Gasteiger partial charge in [-0.1, -0.05) is 12.1 Å². The molecule has 0 spiro atoms. The standard InChI is InChI=1S/C12H9BFNO2S/c1-2-17-11(16)9-10(18-12(13)15-9)7-3-5-8(14)6-4-7/h3-6H,2H2,1H3. The summed E-state index contributed by atoms with van der Waals surface area (Å²) in [6.07, 6.45) is 0. The molecule has 0 aliphatic rings. The Hall–Kier alpha value is -1.69. The van der Waals surface area contributed by atoms with Gasteiger partial charge in [0.1, 0.15) is 5.82 Å². The van der Waals surface area contributed by atoms with E-state index in [-0.39, 0.29) is 23.0 Å². The van der Waals surface area contributed by atoms with Crippen LogP contribution in [0, 0.1) is 5.82 Å². The van der Waals surface area contributed by atoms with E-state index in [1.807, 2.05) is 0 Å². The molecule has 1 heterocycles. The minimum absolute atomic E-state index is 0.172. The molecule has 2 radical (unpaired) electrons. The van der Waals surface area contributed by atoms with Crippen LogP contribution in [-0.4, -0.2) is 25.4 Å². The first-order chi connectivity index (χ1) is 8.61. The van der Waals surface area contributed by atoms with Crippen molar-refractivity contribution in [3.8, 4) is 10.4 Å². The van der Waals surface area contributed by atoms with Crippen LogP contribution in [0.4, 0.5) is 4.39 Å². The number of hydrogen-bond acceptors (Lipinski definition) is 4. The third-order valence-electron chi connectivity index (χ3n) is 2.22. The monoisotopic (exact) mass is 261 g/mol. The lowest BCUT2D eigenvalue weighted by molar-refractivity contribution is 0.0521. The predicted molar refractivity (Wildman–Crippen MR) is 68.9 cm³/mol. The van der Waals surface area contributed by atoms with Crippen LogP contribution in [0.1, 0.15) is 17.4 Å². The Bertz CT molecular complexity index is 568. The van der Waals surface area contributed by atoms with Crippen molar-refractivity contribution in [3.05, 3.63) is 35.8 Å². The van der Waals surface area contributed by atoms with Gasteiger partial charge in [-0.15, -0.1) is 11.3 Å². The zero-order chi connectivity index (χ0) is 13.1. The van der Waals surface area contributed by atoms with Crippen molar-refractivity contribution in [3.63, 3.8) is 0 Å². The van der Waals surface area contributed by atoms with Gasteiger partial charge in [0.25, 0.3) is 0 Å². The van der Waals surface area contributed by atoms with E-state index < -0.39 is 5.97 Å². The van der Waals surface area contributed by atoms with Crippen LogP contribution >= 0.6 is 11.3 Å². The van der Waals surface area contributed by atoms with Crippen LogP contribution in [-0.2, 0) is 4.74 Å². The highest BCUT2D eigenvalue weighted by molar-refractivity contribution is 7.22. The number of rotatable bonds is 3. The second-order valence-corrected chi connectivity index (χ2v) is 4.49. The number of hydrogen-bond donors (Lipinski definition) is 0. The molecule has 90 valence electrons. The number of esters is 1. The Kier molecular flexibility index (Phi) is 3.76. The van der Waals surface area contributed by atoms with Gasteiger partial charge >= 0.3 is 5.97 Å². The van der Waals surface area contributed by atoms with Crippen LogP contribution in [0.5, 0.6) is 0 Å². The summed E-state index contributed by atoms with van der Waals surface area (Å²) >= 11 is 1.17. The summed E-state index contributed by atoms with van der Waals surface area (Å²) in [4.78, 5) is 16.5. The Morgan fingerprint density at radius 1 is 1.44 bits per heavy atom. The van der Waals surface area contributed by atoms with E-state index >= 15 is 0 Å². The molecule has 0 amide bonds. The van der Waals surface area contributed by atoms with Crippen LogP contribution in [0.15, 0.2) is 24.3 Å². The van der Waals surface area contributed by atoms with Crippen LogP contribution in [0.2, 0.25) is 0 Å². The molecule has 2 rings (SSSR count). The fraction of sp³-hybridized carbons (Fsp3) is 0.167. The molecule has 2 aromatic rings. The summed E-state index contributed by atoms with van der Waals surface area (Å²) in [5.41, 5.74) is 0.861. The van der Waals surface area contributed by atoms with Gasteiger partial charge in [-0.3, -0.25) is 0 Å². The van der Waals surface area contributed by atoms with Crippen molar-refractivity contribution < 1.29 is 13.9 Å². The number of thiazole rings is 1. The number of carbonyl (C=O) groups is 1. The van der Waals surface area contributed by atoms with Crippen LogP contribution < -0.4 is 4.91 Å². The topological polar surface area (TPSA) is 39.2 Å². The van der Waals surface area contributed by atoms with Gasteiger partial charge in [-0.25, -0.2) is 14.2 Å². The van der Waals surface area contributed by atoms with Gasteiger partial charge in [-0.2, -0.15) is 0 Å². The maximum Gasteiger partial charge on any atom is 0.358 e. The molecule has 0 atom stereocenters. The maximum atomic E-state index is 12.9. The summed E-state index contributed by atoms with van der Waals surface area (Å²) in [5.74, 6) is -0.862. The lowest BCUT2D eigenvalue weighted by atomic mass is 10.1. The van der Waals surface area contributed by atoms with Gasteiger partial charge in [-0.05, 0) is 24.6 Å². The minimum atomic E-state index is -0.523. The summed E-state index contributed by atoms with van der Waals surface area (Å²) in [7, 11) is 5.61. The Labute approximate surface area is 109 Å². The largest absolute Gasteiger partial charge is 0.461 e. The molecule has 1 aromatic heterocycles. The van der Waals surface area contributed by atoms with Crippen molar-refractivity contribution in [1.29, 1.82) is 0 Å². The SMILES string of the molecule is [B]c1nc(C(=O)OCC)c(-c2ccc(F)cc2)s1. The molecule has 0 bridgehead atoms. The molecular weight excluding hydrogens is 252 g/mol. The second-order valence-electron chi connectivity index (χ2n) is 3.46. The summed E-state index contributed by atoms with van der Waals surface area (Å²) < 4.78 is 17.8. The quantitative estimate of drug-likeness (QED) is 0.626. The summed E-state index contributed by atoms with van der Waals surface area (Å²) in [6.45, 7) is 1.98. The zero-order valence-corrected chi connectivity index (χ0v) is 10.5. The smallest absolute Gasteiger partial charge is 0.358 e. The summed E-state index contributed by atoms with van der Waals surface area (Å²) in [6, 6.07) is 5.79. The molecular formula is C12H9BFNO2S. The highest BCUT2D eigenvalue weighted by Gasteiger charge is 2.18. The van der Waals surface area contributed by atoms with Crippen LogP contribution in [0.3, 0.4) is 0 Å². The average Bonchev–Trinajstić information content (AvgIpc) is 2.73. The van der Waals surface area contributed by atoms with Gasteiger partial charge < -0.3 is 4.74 Å². The molecule has 0 aliphatic carbocycles. The molecule has 0 fully saturated rings. The number of halogens is 1. The lowest BCUT2D eigenvalue weighted by Gasteiger charge is -2.02.